The number of hydrogen-bond acceptors (Lipinski definition) is 6. The monoisotopic (exact) mass is 396 g/mol. The molecule has 0 aliphatic heterocycles. The van der Waals surface area contributed by atoms with Crippen molar-refractivity contribution >= 4 is 31.9 Å². The number of aromatic hydroxyl groups is 1. The van der Waals surface area contributed by atoms with E-state index in [2.05, 4.69) is 52.0 Å². The van der Waals surface area contributed by atoms with Crippen molar-refractivity contribution in [2.75, 3.05) is 0 Å². The van der Waals surface area contributed by atoms with Crippen LogP contribution in [0.15, 0.2) is 44.2 Å². The Morgan fingerprint density at radius 1 is 1.20 bits per heavy atom. The van der Waals surface area contributed by atoms with Gasteiger partial charge in [0.1, 0.15) is 11.4 Å². The molecule has 0 unspecified atom stereocenters. The van der Waals surface area contributed by atoms with E-state index in [0.29, 0.717) is 17.1 Å². The zero-order valence-electron chi connectivity index (χ0n) is 9.79. The molecular formula is C12H6Br2N4O2. The number of rotatable bonds is 2. The van der Waals surface area contributed by atoms with Gasteiger partial charge in [-0.1, -0.05) is 5.16 Å². The Morgan fingerprint density at radius 3 is 2.80 bits per heavy atom. The van der Waals surface area contributed by atoms with Gasteiger partial charge in [-0.2, -0.15) is 4.98 Å². The lowest BCUT2D eigenvalue weighted by atomic mass is 10.2. The SMILES string of the molecule is Oc1cnccc1-c1nc(-c2ncc(Br)cc2Br)no1. The fourth-order valence-corrected chi connectivity index (χ4v) is 2.74. The summed E-state index contributed by atoms with van der Waals surface area (Å²) in [6.07, 6.45) is 4.49. The fourth-order valence-electron chi connectivity index (χ4n) is 1.58. The van der Waals surface area contributed by atoms with Crippen LogP contribution in [0.5, 0.6) is 5.75 Å². The number of nitrogens with zero attached hydrogens (tertiary/aromatic N) is 4. The van der Waals surface area contributed by atoms with Crippen LogP contribution in [0.25, 0.3) is 23.0 Å². The Balaban J connectivity index is 2.04. The molecule has 0 bridgehead atoms. The lowest BCUT2D eigenvalue weighted by Crippen LogP contribution is -1.88. The predicted molar refractivity (Wildman–Crippen MR) is 77.8 cm³/mol. The van der Waals surface area contributed by atoms with Gasteiger partial charge in [0.2, 0.25) is 5.82 Å². The first-order valence-electron chi connectivity index (χ1n) is 5.43. The summed E-state index contributed by atoms with van der Waals surface area (Å²) in [5.41, 5.74) is 0.976. The first kappa shape index (κ1) is 13.2. The molecule has 0 atom stereocenters. The quantitative estimate of drug-likeness (QED) is 0.713. The van der Waals surface area contributed by atoms with Crippen molar-refractivity contribution < 1.29 is 9.63 Å². The maximum absolute atomic E-state index is 9.71. The van der Waals surface area contributed by atoms with Crippen molar-refractivity contribution in [2.24, 2.45) is 0 Å². The zero-order valence-corrected chi connectivity index (χ0v) is 13.0. The van der Waals surface area contributed by atoms with E-state index in [9.17, 15) is 5.11 Å². The second-order valence-electron chi connectivity index (χ2n) is 3.80. The van der Waals surface area contributed by atoms with Crippen LogP contribution >= 0.6 is 31.9 Å². The van der Waals surface area contributed by atoms with Crippen LogP contribution in [0, 0.1) is 0 Å². The van der Waals surface area contributed by atoms with E-state index in [4.69, 9.17) is 4.52 Å². The minimum atomic E-state index is -0.0227. The molecule has 0 fully saturated rings. The van der Waals surface area contributed by atoms with E-state index in [1.54, 1.807) is 12.3 Å². The van der Waals surface area contributed by atoms with Gasteiger partial charge in [-0.25, -0.2) is 0 Å². The van der Waals surface area contributed by atoms with E-state index < -0.39 is 0 Å². The molecule has 0 aliphatic carbocycles. The summed E-state index contributed by atoms with van der Waals surface area (Å²) in [4.78, 5) is 12.2. The molecular weight excluding hydrogens is 392 g/mol. The average Bonchev–Trinajstić information content (AvgIpc) is 2.88. The van der Waals surface area contributed by atoms with Gasteiger partial charge in [-0.3, -0.25) is 9.97 Å². The van der Waals surface area contributed by atoms with Gasteiger partial charge < -0.3 is 9.63 Å². The van der Waals surface area contributed by atoms with Gasteiger partial charge in [0.25, 0.3) is 5.89 Å². The van der Waals surface area contributed by atoms with E-state index in [1.165, 1.54) is 12.4 Å². The predicted octanol–water partition coefficient (Wildman–Crippen LogP) is 3.42. The number of pyridine rings is 2. The third-order valence-corrected chi connectivity index (χ3v) is 3.51. The standard InChI is InChI=1S/C12H6Br2N4O2/c13-6-3-8(14)10(16-4-6)11-17-12(20-18-11)7-1-2-15-5-9(7)19/h1-5,19H. The second-order valence-corrected chi connectivity index (χ2v) is 5.57. The molecule has 20 heavy (non-hydrogen) atoms. The molecule has 0 saturated carbocycles. The highest BCUT2D eigenvalue weighted by Crippen LogP contribution is 2.30. The van der Waals surface area contributed by atoms with E-state index in [0.717, 1.165) is 8.95 Å². The molecule has 3 aromatic heterocycles. The number of aromatic nitrogens is 4. The fraction of sp³-hybridized carbons (Fsp3) is 0. The summed E-state index contributed by atoms with van der Waals surface area (Å²) in [5.74, 6) is 0.512. The third-order valence-electron chi connectivity index (χ3n) is 2.48. The summed E-state index contributed by atoms with van der Waals surface area (Å²) < 4.78 is 6.72. The van der Waals surface area contributed by atoms with Crippen LogP contribution in [0.1, 0.15) is 0 Å². The minimum Gasteiger partial charge on any atom is -0.505 e. The average molecular weight is 398 g/mol. The van der Waals surface area contributed by atoms with Crippen LogP contribution in [-0.2, 0) is 0 Å². The zero-order chi connectivity index (χ0) is 14.1. The Kier molecular flexibility index (Phi) is 3.49. The number of halogens is 2. The molecule has 3 aromatic rings. The van der Waals surface area contributed by atoms with E-state index in [-0.39, 0.29) is 11.6 Å². The Bertz CT molecular complexity index is 776. The lowest BCUT2D eigenvalue weighted by molar-refractivity contribution is 0.425. The molecule has 0 aliphatic rings. The highest BCUT2D eigenvalue weighted by atomic mass is 79.9. The summed E-state index contributed by atoms with van der Waals surface area (Å²) >= 11 is 6.71. The van der Waals surface area contributed by atoms with Crippen molar-refractivity contribution in [3.05, 3.63) is 39.7 Å². The summed E-state index contributed by atoms with van der Waals surface area (Å²) in [7, 11) is 0. The van der Waals surface area contributed by atoms with E-state index >= 15 is 0 Å². The van der Waals surface area contributed by atoms with Crippen LogP contribution < -0.4 is 0 Å². The molecule has 3 heterocycles. The maximum Gasteiger partial charge on any atom is 0.262 e. The molecule has 3 rings (SSSR count). The minimum absolute atomic E-state index is 0.0227. The van der Waals surface area contributed by atoms with Gasteiger partial charge in [-0.15, -0.1) is 0 Å². The van der Waals surface area contributed by atoms with Gasteiger partial charge in [-0.05, 0) is 44.0 Å². The maximum atomic E-state index is 9.71. The van der Waals surface area contributed by atoms with Crippen molar-refractivity contribution in [3.8, 4) is 28.7 Å². The molecule has 0 spiro atoms. The smallest absolute Gasteiger partial charge is 0.262 e. The summed E-state index contributed by atoms with van der Waals surface area (Å²) in [6.45, 7) is 0. The summed E-state index contributed by atoms with van der Waals surface area (Å²) in [5, 5.41) is 13.6. The van der Waals surface area contributed by atoms with Crippen LogP contribution in [0.4, 0.5) is 0 Å². The molecule has 100 valence electrons. The highest BCUT2D eigenvalue weighted by Gasteiger charge is 2.16. The first-order valence-corrected chi connectivity index (χ1v) is 7.02. The summed E-state index contributed by atoms with van der Waals surface area (Å²) in [6, 6.07) is 3.43. The van der Waals surface area contributed by atoms with Crippen molar-refractivity contribution in [1.82, 2.24) is 20.1 Å². The van der Waals surface area contributed by atoms with Gasteiger partial charge >= 0.3 is 0 Å². The third kappa shape index (κ3) is 2.44. The van der Waals surface area contributed by atoms with Gasteiger partial charge in [0.15, 0.2) is 0 Å². The van der Waals surface area contributed by atoms with Crippen molar-refractivity contribution in [2.45, 2.75) is 0 Å². The normalized spacial score (nSPS) is 10.7. The van der Waals surface area contributed by atoms with Gasteiger partial charge in [0, 0.05) is 21.3 Å². The Hall–Kier alpha value is -1.80. The van der Waals surface area contributed by atoms with Crippen LogP contribution in [-0.4, -0.2) is 25.2 Å². The first-order chi connectivity index (χ1) is 9.65. The molecule has 0 aromatic carbocycles. The Morgan fingerprint density at radius 2 is 2.05 bits per heavy atom. The van der Waals surface area contributed by atoms with Gasteiger partial charge in [0.05, 0.1) is 11.8 Å². The molecule has 0 radical (unpaired) electrons. The molecule has 1 N–H and O–H groups in total. The Labute approximate surface area is 130 Å². The van der Waals surface area contributed by atoms with Crippen molar-refractivity contribution in [3.63, 3.8) is 0 Å². The molecule has 0 amide bonds. The van der Waals surface area contributed by atoms with Crippen LogP contribution in [0.2, 0.25) is 0 Å². The molecule has 0 saturated heterocycles. The number of hydrogen-bond donors (Lipinski definition) is 1. The second kappa shape index (κ2) is 5.29. The molecule has 6 nitrogen and oxygen atoms in total. The van der Waals surface area contributed by atoms with Crippen molar-refractivity contribution in [1.29, 1.82) is 0 Å². The highest BCUT2D eigenvalue weighted by molar-refractivity contribution is 9.11. The topological polar surface area (TPSA) is 84.9 Å². The molecule has 8 heteroatoms. The lowest BCUT2D eigenvalue weighted by Gasteiger charge is -1.98. The van der Waals surface area contributed by atoms with Crippen LogP contribution in [0.3, 0.4) is 0 Å². The van der Waals surface area contributed by atoms with E-state index in [1.807, 2.05) is 6.07 Å². The largest absolute Gasteiger partial charge is 0.505 e.